The van der Waals surface area contributed by atoms with Gasteiger partial charge in [-0.2, -0.15) is 0 Å². The molecule has 0 aromatic carbocycles. The fraction of sp³-hybridized carbons (Fsp3) is 0.700. The highest BCUT2D eigenvalue weighted by Crippen LogP contribution is 2.22. The summed E-state index contributed by atoms with van der Waals surface area (Å²) in [7, 11) is 0. The van der Waals surface area contributed by atoms with Crippen LogP contribution in [0.15, 0.2) is 47.6 Å². The first-order chi connectivity index (χ1) is 17.2. The molecule has 0 aliphatic rings. The Bertz CT molecular complexity index is 785. The Morgan fingerprint density at radius 2 is 1.22 bits per heavy atom. The summed E-state index contributed by atoms with van der Waals surface area (Å²) in [5.41, 5.74) is 1.28. The SMILES string of the molecule is CCC(C)CC(C=C(C)C(O)C(C)C=CC(O)C(C)C=CC(O)C(C)C=C(C)C(O)C(C)C(=O)O)CO. The van der Waals surface area contributed by atoms with Crippen LogP contribution in [0.4, 0.5) is 0 Å². The number of rotatable bonds is 17. The van der Waals surface area contributed by atoms with Gasteiger partial charge in [0.05, 0.1) is 30.3 Å². The predicted octanol–water partition coefficient (Wildman–Crippen LogP) is 4.11. The molecule has 0 aromatic heterocycles. The molecule has 214 valence electrons. The second kappa shape index (κ2) is 17.7. The molecule has 0 saturated carbocycles. The van der Waals surface area contributed by atoms with E-state index >= 15 is 0 Å². The number of aliphatic hydroxyl groups excluding tert-OH is 5. The van der Waals surface area contributed by atoms with Crippen LogP contribution in [-0.2, 0) is 4.79 Å². The van der Waals surface area contributed by atoms with E-state index in [1.54, 1.807) is 44.2 Å². The van der Waals surface area contributed by atoms with E-state index in [1.165, 1.54) is 6.92 Å². The van der Waals surface area contributed by atoms with Crippen LogP contribution in [0.3, 0.4) is 0 Å². The molecule has 0 amide bonds. The van der Waals surface area contributed by atoms with Crippen LogP contribution in [-0.4, -0.2) is 67.6 Å². The van der Waals surface area contributed by atoms with E-state index in [2.05, 4.69) is 13.8 Å². The van der Waals surface area contributed by atoms with Crippen molar-refractivity contribution in [2.75, 3.05) is 6.61 Å². The molecular weight excluding hydrogens is 472 g/mol. The minimum absolute atomic E-state index is 0.00724. The molecule has 0 saturated heterocycles. The van der Waals surface area contributed by atoms with Crippen molar-refractivity contribution in [3.05, 3.63) is 47.6 Å². The third-order valence-corrected chi connectivity index (χ3v) is 7.26. The molecule has 0 aliphatic heterocycles. The summed E-state index contributed by atoms with van der Waals surface area (Å²) in [6.07, 6.45) is 8.67. The quantitative estimate of drug-likeness (QED) is 0.157. The average Bonchev–Trinajstić information content (AvgIpc) is 2.87. The normalized spacial score (nSPS) is 21.8. The first-order valence-electron chi connectivity index (χ1n) is 13.4. The summed E-state index contributed by atoms with van der Waals surface area (Å²) >= 11 is 0. The fourth-order valence-electron chi connectivity index (χ4n) is 4.05. The molecule has 7 heteroatoms. The molecule has 7 nitrogen and oxygen atoms in total. The van der Waals surface area contributed by atoms with E-state index in [0.29, 0.717) is 11.5 Å². The first kappa shape index (κ1) is 35.2. The Kier molecular flexibility index (Phi) is 16.8. The molecule has 0 aliphatic carbocycles. The molecule has 0 fully saturated rings. The van der Waals surface area contributed by atoms with E-state index in [9.17, 15) is 30.3 Å². The highest BCUT2D eigenvalue weighted by Gasteiger charge is 2.23. The van der Waals surface area contributed by atoms with Crippen LogP contribution < -0.4 is 0 Å². The summed E-state index contributed by atoms with van der Waals surface area (Å²) in [5.74, 6) is -2.42. The number of aliphatic carboxylic acids is 1. The maximum atomic E-state index is 11.1. The van der Waals surface area contributed by atoms with Crippen LogP contribution in [0.5, 0.6) is 0 Å². The van der Waals surface area contributed by atoms with Gasteiger partial charge in [-0.15, -0.1) is 0 Å². The van der Waals surface area contributed by atoms with E-state index in [0.717, 1.165) is 18.4 Å². The summed E-state index contributed by atoms with van der Waals surface area (Å²) in [6.45, 7) is 14.7. The van der Waals surface area contributed by atoms with E-state index < -0.39 is 36.3 Å². The topological polar surface area (TPSA) is 138 Å². The fourth-order valence-corrected chi connectivity index (χ4v) is 4.05. The molecule has 0 spiro atoms. The Balaban J connectivity index is 5.07. The summed E-state index contributed by atoms with van der Waals surface area (Å²) < 4.78 is 0. The van der Waals surface area contributed by atoms with Gasteiger partial charge in [0, 0.05) is 30.3 Å². The van der Waals surface area contributed by atoms with Gasteiger partial charge in [0.1, 0.15) is 0 Å². The van der Waals surface area contributed by atoms with Crippen molar-refractivity contribution >= 4 is 5.97 Å². The lowest BCUT2D eigenvalue weighted by atomic mass is 9.89. The van der Waals surface area contributed by atoms with Gasteiger partial charge in [-0.05, 0) is 44.3 Å². The van der Waals surface area contributed by atoms with Gasteiger partial charge in [0.2, 0.25) is 0 Å². The molecule has 37 heavy (non-hydrogen) atoms. The minimum atomic E-state index is -1.13. The van der Waals surface area contributed by atoms with Crippen LogP contribution >= 0.6 is 0 Å². The number of carboxylic acid groups (broad SMARTS) is 1. The van der Waals surface area contributed by atoms with Crippen molar-refractivity contribution in [3.8, 4) is 0 Å². The molecule has 0 rings (SSSR count). The lowest BCUT2D eigenvalue weighted by Crippen LogP contribution is -2.27. The van der Waals surface area contributed by atoms with Crippen molar-refractivity contribution in [1.29, 1.82) is 0 Å². The van der Waals surface area contributed by atoms with E-state index in [1.807, 2.05) is 26.8 Å². The van der Waals surface area contributed by atoms with E-state index in [4.69, 9.17) is 5.11 Å². The average molecular weight is 525 g/mol. The predicted molar refractivity (Wildman–Crippen MR) is 149 cm³/mol. The molecule has 6 N–H and O–H groups in total. The Labute approximate surface area is 223 Å². The molecular formula is C30H52O7. The smallest absolute Gasteiger partial charge is 0.309 e. The van der Waals surface area contributed by atoms with Gasteiger partial charge in [-0.3, -0.25) is 4.79 Å². The molecule has 0 aromatic rings. The number of carbonyl (C=O) groups is 1. The molecule has 0 radical (unpaired) electrons. The lowest BCUT2D eigenvalue weighted by molar-refractivity contribution is -0.144. The molecule has 0 bridgehead atoms. The summed E-state index contributed by atoms with van der Waals surface area (Å²) in [4.78, 5) is 11.1. The third-order valence-electron chi connectivity index (χ3n) is 7.26. The van der Waals surface area contributed by atoms with Crippen molar-refractivity contribution < 1.29 is 35.4 Å². The van der Waals surface area contributed by atoms with Crippen molar-refractivity contribution in [2.24, 2.45) is 35.5 Å². The maximum absolute atomic E-state index is 11.1. The van der Waals surface area contributed by atoms with Gasteiger partial charge < -0.3 is 30.6 Å². The monoisotopic (exact) mass is 524 g/mol. The Morgan fingerprint density at radius 1 is 0.730 bits per heavy atom. The Hall–Kier alpha value is -1.77. The third kappa shape index (κ3) is 13.0. The molecule has 0 heterocycles. The first-order valence-corrected chi connectivity index (χ1v) is 13.4. The highest BCUT2D eigenvalue weighted by molar-refractivity contribution is 5.70. The van der Waals surface area contributed by atoms with Gasteiger partial charge in [0.15, 0.2) is 0 Å². The van der Waals surface area contributed by atoms with Crippen LogP contribution in [0.25, 0.3) is 0 Å². The van der Waals surface area contributed by atoms with Gasteiger partial charge in [-0.1, -0.05) is 77.5 Å². The zero-order valence-corrected chi connectivity index (χ0v) is 24.0. The van der Waals surface area contributed by atoms with Crippen LogP contribution in [0.2, 0.25) is 0 Å². The van der Waals surface area contributed by atoms with Crippen molar-refractivity contribution in [2.45, 2.75) is 92.6 Å². The zero-order chi connectivity index (χ0) is 28.9. The van der Waals surface area contributed by atoms with E-state index in [-0.39, 0.29) is 30.3 Å². The largest absolute Gasteiger partial charge is 0.481 e. The van der Waals surface area contributed by atoms with Gasteiger partial charge >= 0.3 is 5.97 Å². The highest BCUT2D eigenvalue weighted by atomic mass is 16.4. The number of aliphatic hydroxyl groups is 5. The molecule has 10 unspecified atom stereocenters. The standard InChI is InChI=1S/C30H52O7/c1-9-18(2)14-25(17-31)16-23(7)28(34)20(4)11-13-26(32)19(3)10-12-27(33)21(5)15-22(6)29(35)24(8)30(36)37/h10-13,15-16,18-21,24-29,31-35H,9,14,17H2,1-8H3,(H,36,37). The number of hydrogen-bond acceptors (Lipinski definition) is 6. The van der Waals surface area contributed by atoms with Crippen LogP contribution in [0.1, 0.15) is 68.2 Å². The van der Waals surface area contributed by atoms with Gasteiger partial charge in [0.25, 0.3) is 0 Å². The van der Waals surface area contributed by atoms with Crippen molar-refractivity contribution in [1.82, 2.24) is 0 Å². The van der Waals surface area contributed by atoms with Crippen LogP contribution in [0, 0.1) is 35.5 Å². The zero-order valence-electron chi connectivity index (χ0n) is 24.0. The second-order valence-electron chi connectivity index (χ2n) is 10.9. The maximum Gasteiger partial charge on any atom is 0.309 e. The lowest BCUT2D eigenvalue weighted by Gasteiger charge is -2.21. The summed E-state index contributed by atoms with van der Waals surface area (Å²) in [5, 5.41) is 60.6. The van der Waals surface area contributed by atoms with Crippen molar-refractivity contribution in [3.63, 3.8) is 0 Å². The Morgan fingerprint density at radius 3 is 1.70 bits per heavy atom. The molecule has 10 atom stereocenters. The number of carboxylic acids is 1. The minimum Gasteiger partial charge on any atom is -0.481 e. The summed E-state index contributed by atoms with van der Waals surface area (Å²) in [6, 6.07) is 0. The van der Waals surface area contributed by atoms with Gasteiger partial charge in [-0.25, -0.2) is 0 Å². The number of hydrogen-bond donors (Lipinski definition) is 6. The second-order valence-corrected chi connectivity index (χ2v) is 10.9.